The van der Waals surface area contributed by atoms with Gasteiger partial charge in [-0.1, -0.05) is 11.6 Å². The molecule has 1 N–H and O–H groups in total. The Labute approximate surface area is 248 Å². The monoisotopic (exact) mass is 616 g/mol. The highest BCUT2D eigenvalue weighted by molar-refractivity contribution is 6.58. The van der Waals surface area contributed by atoms with Crippen LogP contribution in [-0.2, 0) is 23.9 Å². The van der Waals surface area contributed by atoms with Crippen molar-refractivity contribution < 1.29 is 42.9 Å². The fourth-order valence-corrected chi connectivity index (χ4v) is 7.83. The summed E-state index contributed by atoms with van der Waals surface area (Å²) >= 11 is 14.5. The van der Waals surface area contributed by atoms with E-state index in [0.717, 1.165) is 24.1 Å². The minimum atomic E-state index is -2.23. The predicted octanol–water partition coefficient (Wildman–Crippen LogP) is 3.87. The topological polar surface area (TPSA) is 131 Å². The van der Waals surface area contributed by atoms with Gasteiger partial charge in [-0.25, -0.2) is 14.1 Å². The van der Waals surface area contributed by atoms with Crippen LogP contribution in [0.1, 0.15) is 24.3 Å². The van der Waals surface area contributed by atoms with E-state index in [1.165, 1.54) is 37.4 Å². The average molecular weight is 617 g/mol. The second-order valence-corrected chi connectivity index (χ2v) is 11.9. The Kier molecular flexibility index (Phi) is 6.39. The van der Waals surface area contributed by atoms with E-state index in [1.807, 2.05) is 0 Å². The summed E-state index contributed by atoms with van der Waals surface area (Å²) < 4.78 is 23.7. The molecular formula is C29H23Cl2FN2O8. The third-order valence-electron chi connectivity index (χ3n) is 8.80. The Morgan fingerprint density at radius 2 is 1.69 bits per heavy atom. The number of hydrogen-bond donors (Lipinski definition) is 1. The highest BCUT2D eigenvalue weighted by atomic mass is 35.5. The molecule has 5 amide bonds. The molecule has 1 saturated carbocycles. The molecule has 218 valence electrons. The molecule has 3 fully saturated rings. The van der Waals surface area contributed by atoms with Crippen molar-refractivity contribution in [3.63, 3.8) is 0 Å². The standard InChI is InChI=1S/C29H23Cl2FN2O8/c1-41-15-7-10-20(35)18(11-15)22-16-8-9-17-21(24(37)34(23(17)36)27(40)42-2)19(16)12-28(30)25(38)33(26(39)29(22,28)31)14-5-3-13(32)4-6-14/h3-8,10-11,17,19,21-22,35H,9,12H2,1-2H3. The van der Waals surface area contributed by atoms with Gasteiger partial charge in [0.15, 0.2) is 9.75 Å². The Hall–Kier alpha value is -3.96. The maximum Gasteiger partial charge on any atom is 0.423 e. The average Bonchev–Trinajstić information content (AvgIpc) is 3.31. The molecule has 0 aromatic heterocycles. The first-order valence-corrected chi connectivity index (χ1v) is 13.7. The van der Waals surface area contributed by atoms with Gasteiger partial charge in [-0.2, -0.15) is 4.90 Å². The van der Waals surface area contributed by atoms with Crippen LogP contribution >= 0.6 is 23.2 Å². The van der Waals surface area contributed by atoms with E-state index in [9.17, 15) is 33.5 Å². The summed E-state index contributed by atoms with van der Waals surface area (Å²) in [4.78, 5) is 64.3. The smallest absolute Gasteiger partial charge is 0.423 e. The number of likely N-dealkylation sites (tertiary alicyclic amines) is 1. The summed E-state index contributed by atoms with van der Waals surface area (Å²) in [5.74, 6) is -8.25. The molecule has 2 aromatic rings. The number of phenolic OH excluding ortho intramolecular Hbond substituents is 1. The molecule has 42 heavy (non-hydrogen) atoms. The van der Waals surface area contributed by atoms with Crippen LogP contribution in [0.5, 0.6) is 11.5 Å². The van der Waals surface area contributed by atoms with Crippen LogP contribution in [0.4, 0.5) is 14.9 Å². The van der Waals surface area contributed by atoms with Crippen molar-refractivity contribution in [2.45, 2.75) is 28.5 Å². The number of rotatable bonds is 3. The lowest BCUT2D eigenvalue weighted by atomic mass is 9.56. The van der Waals surface area contributed by atoms with Crippen molar-refractivity contribution in [1.82, 2.24) is 4.90 Å². The van der Waals surface area contributed by atoms with E-state index < -0.39 is 69.0 Å². The molecule has 2 aromatic carbocycles. The van der Waals surface area contributed by atoms with Crippen molar-refractivity contribution in [3.05, 3.63) is 65.5 Å². The van der Waals surface area contributed by atoms with Crippen molar-refractivity contribution in [2.24, 2.45) is 17.8 Å². The predicted molar refractivity (Wildman–Crippen MR) is 146 cm³/mol. The number of aromatic hydroxyl groups is 1. The number of carbonyl (C=O) groups is 5. The zero-order chi connectivity index (χ0) is 30.3. The number of benzene rings is 2. The molecular weight excluding hydrogens is 594 g/mol. The first-order chi connectivity index (χ1) is 19.9. The number of alkyl halides is 2. The van der Waals surface area contributed by atoms with Crippen molar-refractivity contribution in [2.75, 3.05) is 19.1 Å². The lowest BCUT2D eigenvalue weighted by Gasteiger charge is -2.50. The molecule has 0 spiro atoms. The van der Waals surface area contributed by atoms with Gasteiger partial charge in [0, 0.05) is 11.5 Å². The summed E-state index contributed by atoms with van der Waals surface area (Å²) in [5, 5.41) is 11.1. The summed E-state index contributed by atoms with van der Waals surface area (Å²) in [7, 11) is 2.44. The number of fused-ring (bicyclic) bond motifs is 4. The lowest BCUT2D eigenvalue weighted by Crippen LogP contribution is -2.60. The van der Waals surface area contributed by atoms with E-state index in [1.54, 1.807) is 6.08 Å². The maximum atomic E-state index is 14.3. The zero-order valence-corrected chi connectivity index (χ0v) is 23.7. The molecule has 2 heterocycles. The molecule has 10 nitrogen and oxygen atoms in total. The molecule has 6 unspecified atom stereocenters. The number of phenols is 1. The Morgan fingerprint density at radius 3 is 2.33 bits per heavy atom. The number of ether oxygens (including phenoxy) is 2. The fourth-order valence-electron chi connectivity index (χ4n) is 6.91. The summed E-state index contributed by atoms with van der Waals surface area (Å²) in [5.41, 5.74) is 0.529. The number of anilines is 1. The number of imide groups is 4. The highest BCUT2D eigenvalue weighted by Crippen LogP contribution is 2.66. The first kappa shape index (κ1) is 28.2. The molecule has 2 saturated heterocycles. The second-order valence-electron chi connectivity index (χ2n) is 10.7. The molecule has 2 aliphatic carbocycles. The normalized spacial score (nSPS) is 31.9. The largest absolute Gasteiger partial charge is 0.508 e. The summed E-state index contributed by atoms with van der Waals surface area (Å²) in [6.07, 6.45) is 0.186. The van der Waals surface area contributed by atoms with E-state index in [4.69, 9.17) is 27.9 Å². The van der Waals surface area contributed by atoms with E-state index >= 15 is 0 Å². The number of allylic oxidation sites excluding steroid dienone is 2. The first-order valence-electron chi connectivity index (χ1n) is 13.0. The van der Waals surface area contributed by atoms with Gasteiger partial charge in [0.1, 0.15) is 17.3 Å². The molecule has 6 atom stereocenters. The number of amides is 5. The van der Waals surface area contributed by atoms with Gasteiger partial charge in [-0.05, 0) is 61.2 Å². The van der Waals surface area contributed by atoms with Crippen LogP contribution in [0, 0.1) is 23.6 Å². The maximum absolute atomic E-state index is 14.3. The van der Waals surface area contributed by atoms with Gasteiger partial charge in [0.05, 0.1) is 31.7 Å². The van der Waals surface area contributed by atoms with Gasteiger partial charge in [-0.3, -0.25) is 19.2 Å². The summed E-state index contributed by atoms with van der Waals surface area (Å²) in [6, 6.07) is 8.89. The van der Waals surface area contributed by atoms with Crippen molar-refractivity contribution in [3.8, 4) is 11.5 Å². The number of carbonyl (C=O) groups excluding carboxylic acids is 5. The fraction of sp³-hybridized carbons (Fsp3) is 0.345. The number of halogens is 3. The summed E-state index contributed by atoms with van der Waals surface area (Å²) in [6.45, 7) is 0. The van der Waals surface area contributed by atoms with Gasteiger partial charge in [-0.15, -0.1) is 23.2 Å². The lowest BCUT2D eigenvalue weighted by molar-refractivity contribution is -0.138. The van der Waals surface area contributed by atoms with Crippen molar-refractivity contribution >= 4 is 58.6 Å². The molecule has 6 rings (SSSR count). The SMILES string of the molecule is COC(=O)N1C(=O)C2CC=C3C(CC4(Cl)C(=O)N(c5ccc(F)cc5)C(=O)C4(Cl)C3c3cc(OC)ccc3O)C2C1=O. The number of nitrogens with zero attached hydrogens (tertiary/aromatic N) is 2. The molecule has 2 aliphatic heterocycles. The van der Waals surface area contributed by atoms with E-state index in [2.05, 4.69) is 4.74 Å². The molecule has 4 aliphatic rings. The second kappa shape index (κ2) is 9.53. The quantitative estimate of drug-likeness (QED) is 0.312. The van der Waals surface area contributed by atoms with Gasteiger partial charge >= 0.3 is 6.09 Å². The Morgan fingerprint density at radius 1 is 1.00 bits per heavy atom. The Balaban J connectivity index is 1.58. The molecule has 0 radical (unpaired) electrons. The van der Waals surface area contributed by atoms with Crippen LogP contribution in [-0.4, -0.2) is 63.7 Å². The van der Waals surface area contributed by atoms with Crippen LogP contribution in [0.15, 0.2) is 54.1 Å². The third-order valence-corrected chi connectivity index (χ3v) is 10.2. The highest BCUT2D eigenvalue weighted by Gasteiger charge is 2.77. The third kappa shape index (κ3) is 3.53. The van der Waals surface area contributed by atoms with Gasteiger partial charge in [0.25, 0.3) is 11.8 Å². The minimum absolute atomic E-state index is 0.0157. The minimum Gasteiger partial charge on any atom is -0.508 e. The number of methoxy groups -OCH3 is 2. The Bertz CT molecular complexity index is 1610. The molecule has 13 heteroatoms. The van der Waals surface area contributed by atoms with Crippen LogP contribution < -0.4 is 9.64 Å². The molecule has 0 bridgehead atoms. The van der Waals surface area contributed by atoms with Crippen LogP contribution in [0.3, 0.4) is 0 Å². The van der Waals surface area contributed by atoms with Crippen molar-refractivity contribution in [1.29, 1.82) is 0 Å². The van der Waals surface area contributed by atoms with Gasteiger partial charge in [0.2, 0.25) is 11.8 Å². The van der Waals surface area contributed by atoms with E-state index in [0.29, 0.717) is 16.2 Å². The van der Waals surface area contributed by atoms with Crippen LogP contribution in [0.25, 0.3) is 0 Å². The zero-order valence-electron chi connectivity index (χ0n) is 22.2. The van der Waals surface area contributed by atoms with Crippen LogP contribution in [0.2, 0.25) is 0 Å². The van der Waals surface area contributed by atoms with E-state index in [-0.39, 0.29) is 29.8 Å². The van der Waals surface area contributed by atoms with Gasteiger partial charge < -0.3 is 14.6 Å². The number of hydrogen-bond acceptors (Lipinski definition) is 8.